The van der Waals surface area contributed by atoms with Crippen LogP contribution in [-0.4, -0.2) is 24.1 Å². The molecule has 0 aliphatic carbocycles. The number of nitrogen functional groups attached to an aromatic ring is 1. The Labute approximate surface area is 98.4 Å². The Hall–Kier alpha value is -1.32. The van der Waals surface area contributed by atoms with Crippen LogP contribution in [0.1, 0.15) is 18.4 Å². The summed E-state index contributed by atoms with van der Waals surface area (Å²) in [5, 5.41) is 12.9. The zero-order valence-electron chi connectivity index (χ0n) is 8.90. The SMILES string of the molecule is N#Cc1c(N)nsc1NCC1CCOCC1. The van der Waals surface area contributed by atoms with Crippen molar-refractivity contribution in [3.05, 3.63) is 5.56 Å². The van der Waals surface area contributed by atoms with E-state index >= 15 is 0 Å². The molecular formula is C10H14N4OS. The molecule has 1 fully saturated rings. The molecule has 2 heterocycles. The second kappa shape index (κ2) is 5.14. The van der Waals surface area contributed by atoms with Gasteiger partial charge in [-0.05, 0) is 30.3 Å². The number of hydrogen-bond acceptors (Lipinski definition) is 6. The maximum atomic E-state index is 8.90. The summed E-state index contributed by atoms with van der Waals surface area (Å²) in [7, 11) is 0. The molecule has 0 saturated carbocycles. The molecule has 16 heavy (non-hydrogen) atoms. The first kappa shape index (κ1) is 11.2. The summed E-state index contributed by atoms with van der Waals surface area (Å²) in [5.41, 5.74) is 6.05. The van der Waals surface area contributed by atoms with Gasteiger partial charge >= 0.3 is 0 Å². The lowest BCUT2D eigenvalue weighted by Gasteiger charge is -2.22. The van der Waals surface area contributed by atoms with E-state index in [1.165, 1.54) is 11.5 Å². The van der Waals surface area contributed by atoms with Crippen LogP contribution >= 0.6 is 11.5 Å². The van der Waals surface area contributed by atoms with Gasteiger partial charge in [-0.15, -0.1) is 0 Å². The van der Waals surface area contributed by atoms with Crippen LogP contribution in [0.15, 0.2) is 0 Å². The molecule has 86 valence electrons. The molecule has 0 amide bonds. The second-order valence-corrected chi connectivity index (χ2v) is 4.59. The van der Waals surface area contributed by atoms with Crippen molar-refractivity contribution in [3.63, 3.8) is 0 Å². The summed E-state index contributed by atoms with van der Waals surface area (Å²) < 4.78 is 9.25. The highest BCUT2D eigenvalue weighted by atomic mass is 32.1. The van der Waals surface area contributed by atoms with Crippen LogP contribution in [0.4, 0.5) is 10.8 Å². The fourth-order valence-electron chi connectivity index (χ4n) is 1.72. The van der Waals surface area contributed by atoms with Crippen molar-refractivity contribution in [2.24, 2.45) is 5.92 Å². The fraction of sp³-hybridized carbons (Fsp3) is 0.600. The molecule has 0 unspecified atom stereocenters. The van der Waals surface area contributed by atoms with Crippen molar-refractivity contribution in [1.82, 2.24) is 4.37 Å². The molecule has 1 aliphatic rings. The van der Waals surface area contributed by atoms with Crippen LogP contribution in [0.3, 0.4) is 0 Å². The number of anilines is 2. The van der Waals surface area contributed by atoms with E-state index < -0.39 is 0 Å². The number of aromatic nitrogens is 1. The second-order valence-electron chi connectivity index (χ2n) is 3.82. The molecule has 1 aromatic heterocycles. The monoisotopic (exact) mass is 238 g/mol. The molecule has 5 nitrogen and oxygen atoms in total. The Bertz CT molecular complexity index is 392. The molecule has 1 aromatic rings. The number of nitriles is 1. The van der Waals surface area contributed by atoms with Gasteiger partial charge in [-0.3, -0.25) is 0 Å². The van der Waals surface area contributed by atoms with Crippen molar-refractivity contribution in [2.75, 3.05) is 30.8 Å². The summed E-state index contributed by atoms with van der Waals surface area (Å²) in [6.07, 6.45) is 2.15. The summed E-state index contributed by atoms with van der Waals surface area (Å²) in [6, 6.07) is 2.07. The lowest BCUT2D eigenvalue weighted by molar-refractivity contribution is 0.0699. The Kier molecular flexibility index (Phi) is 3.59. The highest BCUT2D eigenvalue weighted by Gasteiger charge is 2.16. The van der Waals surface area contributed by atoms with Gasteiger partial charge in [0.25, 0.3) is 0 Å². The predicted molar refractivity (Wildman–Crippen MR) is 63.3 cm³/mol. The normalized spacial score (nSPS) is 16.9. The zero-order chi connectivity index (χ0) is 11.4. The molecule has 0 radical (unpaired) electrons. The van der Waals surface area contributed by atoms with Crippen LogP contribution in [-0.2, 0) is 4.74 Å². The molecule has 3 N–H and O–H groups in total. The highest BCUT2D eigenvalue weighted by molar-refractivity contribution is 7.10. The first-order valence-electron chi connectivity index (χ1n) is 5.28. The number of nitrogens with two attached hydrogens (primary N) is 1. The molecule has 1 saturated heterocycles. The molecule has 6 heteroatoms. The molecule has 0 spiro atoms. The molecule has 1 aliphatic heterocycles. The maximum Gasteiger partial charge on any atom is 0.157 e. The number of rotatable bonds is 3. The number of nitrogens with one attached hydrogen (secondary N) is 1. The average Bonchev–Trinajstić information content (AvgIpc) is 2.68. The van der Waals surface area contributed by atoms with Crippen molar-refractivity contribution in [3.8, 4) is 6.07 Å². The zero-order valence-corrected chi connectivity index (χ0v) is 9.72. The van der Waals surface area contributed by atoms with Gasteiger partial charge in [-0.2, -0.15) is 9.64 Å². The topological polar surface area (TPSA) is 84.0 Å². The minimum Gasteiger partial charge on any atom is -0.382 e. The van der Waals surface area contributed by atoms with E-state index in [0.717, 1.165) is 37.6 Å². The first-order chi connectivity index (χ1) is 7.81. The van der Waals surface area contributed by atoms with Crippen molar-refractivity contribution >= 4 is 22.4 Å². The van der Waals surface area contributed by atoms with Crippen molar-refractivity contribution in [2.45, 2.75) is 12.8 Å². The quantitative estimate of drug-likeness (QED) is 0.832. The van der Waals surface area contributed by atoms with Gasteiger partial charge in [0.2, 0.25) is 0 Å². The van der Waals surface area contributed by atoms with E-state index in [1.807, 2.05) is 0 Å². The average molecular weight is 238 g/mol. The van der Waals surface area contributed by atoms with Gasteiger partial charge in [0.05, 0.1) is 0 Å². The number of nitrogens with zero attached hydrogens (tertiary/aromatic N) is 2. The van der Waals surface area contributed by atoms with E-state index in [0.29, 0.717) is 17.3 Å². The summed E-state index contributed by atoms with van der Waals surface area (Å²) in [5.74, 6) is 0.936. The standard InChI is InChI=1S/C10H14N4OS/c11-5-8-9(12)14-16-10(8)13-6-7-1-3-15-4-2-7/h7,13H,1-4,6H2,(H2,12,14). The van der Waals surface area contributed by atoms with Crippen molar-refractivity contribution < 1.29 is 4.74 Å². The summed E-state index contributed by atoms with van der Waals surface area (Å²) in [6.45, 7) is 2.53. The van der Waals surface area contributed by atoms with E-state index in [2.05, 4.69) is 15.8 Å². The third-order valence-corrected chi connectivity index (χ3v) is 3.54. The minimum absolute atomic E-state index is 0.321. The third-order valence-electron chi connectivity index (χ3n) is 2.72. The smallest absolute Gasteiger partial charge is 0.157 e. The van der Waals surface area contributed by atoms with E-state index in [9.17, 15) is 0 Å². The van der Waals surface area contributed by atoms with Gasteiger partial charge in [0.1, 0.15) is 16.6 Å². The van der Waals surface area contributed by atoms with Gasteiger partial charge < -0.3 is 15.8 Å². The van der Waals surface area contributed by atoms with Gasteiger partial charge in [-0.25, -0.2) is 0 Å². The lowest BCUT2D eigenvalue weighted by Crippen LogP contribution is -2.22. The third kappa shape index (κ3) is 2.43. The summed E-state index contributed by atoms with van der Waals surface area (Å²) in [4.78, 5) is 0. The van der Waals surface area contributed by atoms with Gasteiger partial charge in [0, 0.05) is 19.8 Å². The summed E-state index contributed by atoms with van der Waals surface area (Å²) >= 11 is 1.25. The van der Waals surface area contributed by atoms with E-state index in [-0.39, 0.29) is 0 Å². The molecule has 0 aromatic carbocycles. The Morgan fingerprint density at radius 2 is 2.31 bits per heavy atom. The lowest BCUT2D eigenvalue weighted by atomic mass is 10.0. The number of hydrogen-bond donors (Lipinski definition) is 2. The first-order valence-corrected chi connectivity index (χ1v) is 6.05. The van der Waals surface area contributed by atoms with Crippen LogP contribution in [0.2, 0.25) is 0 Å². The number of ether oxygens (including phenoxy) is 1. The highest BCUT2D eigenvalue weighted by Crippen LogP contribution is 2.26. The Morgan fingerprint density at radius 1 is 1.56 bits per heavy atom. The maximum absolute atomic E-state index is 8.90. The van der Waals surface area contributed by atoms with Crippen LogP contribution in [0.25, 0.3) is 0 Å². The predicted octanol–water partition coefficient (Wildman–Crippen LogP) is 1.44. The minimum atomic E-state index is 0.321. The molecule has 2 rings (SSSR count). The van der Waals surface area contributed by atoms with Crippen LogP contribution in [0.5, 0.6) is 0 Å². The molecular weight excluding hydrogens is 224 g/mol. The van der Waals surface area contributed by atoms with Crippen molar-refractivity contribution in [1.29, 1.82) is 5.26 Å². The largest absolute Gasteiger partial charge is 0.382 e. The Balaban J connectivity index is 1.91. The van der Waals surface area contributed by atoms with Gasteiger partial charge in [-0.1, -0.05) is 0 Å². The van der Waals surface area contributed by atoms with Crippen LogP contribution in [0, 0.1) is 17.2 Å². The molecule has 0 atom stereocenters. The van der Waals surface area contributed by atoms with E-state index in [4.69, 9.17) is 15.7 Å². The Morgan fingerprint density at radius 3 is 3.00 bits per heavy atom. The van der Waals surface area contributed by atoms with E-state index in [1.54, 1.807) is 0 Å². The van der Waals surface area contributed by atoms with Crippen LogP contribution < -0.4 is 11.1 Å². The fourth-order valence-corrected chi connectivity index (χ4v) is 2.39. The van der Waals surface area contributed by atoms with Gasteiger partial charge in [0.15, 0.2) is 5.82 Å². The molecule has 0 bridgehead atoms.